The van der Waals surface area contributed by atoms with E-state index < -0.39 is 0 Å². The average molecular weight is 346 g/mol. The highest BCUT2D eigenvalue weighted by molar-refractivity contribution is 6.33. The Kier molecular flexibility index (Phi) is 4.41. The molecule has 2 aromatic carbocycles. The first-order valence-corrected chi connectivity index (χ1v) is 8.20. The summed E-state index contributed by atoms with van der Waals surface area (Å²) in [5, 5.41) is 3.52. The van der Waals surface area contributed by atoms with Crippen LogP contribution in [0.4, 0.5) is 0 Å². The zero-order chi connectivity index (χ0) is 17.3. The monoisotopic (exact) mass is 345 g/mol. The molecule has 0 saturated heterocycles. The van der Waals surface area contributed by atoms with E-state index in [1.807, 2.05) is 32.0 Å². The van der Waals surface area contributed by atoms with Gasteiger partial charge >= 0.3 is 0 Å². The van der Waals surface area contributed by atoms with E-state index in [9.17, 15) is 4.79 Å². The van der Waals surface area contributed by atoms with Crippen LogP contribution in [0.5, 0.6) is 11.5 Å². The number of ether oxygens (including phenoxy) is 2. The highest BCUT2D eigenvalue weighted by Crippen LogP contribution is 2.41. The second-order valence-electron chi connectivity index (χ2n) is 6.48. The number of nitrogens with one attached hydrogen (secondary N) is 1. The van der Waals surface area contributed by atoms with E-state index in [0.717, 1.165) is 17.1 Å². The number of carbonyl (C=O) groups excluding carboxylic acids is 1. The Hall–Kier alpha value is -2.20. The molecule has 2 aromatic rings. The number of rotatable bonds is 3. The molecule has 1 amide bonds. The summed E-state index contributed by atoms with van der Waals surface area (Å²) in [6.45, 7) is 4.02. The Labute approximate surface area is 146 Å². The second-order valence-corrected chi connectivity index (χ2v) is 6.88. The molecule has 1 heterocycles. The normalized spacial score (nSPS) is 18.2. The van der Waals surface area contributed by atoms with Crippen LogP contribution in [0.1, 0.15) is 42.2 Å². The molecule has 24 heavy (non-hydrogen) atoms. The minimum atomic E-state index is -0.375. The smallest absolute Gasteiger partial charge is 0.253 e. The molecular weight excluding hydrogens is 326 g/mol. The third-order valence-corrected chi connectivity index (χ3v) is 4.43. The Morgan fingerprint density at radius 2 is 2.04 bits per heavy atom. The lowest BCUT2D eigenvalue weighted by Gasteiger charge is -2.38. The lowest BCUT2D eigenvalue weighted by Crippen LogP contribution is -2.41. The van der Waals surface area contributed by atoms with Gasteiger partial charge in [0.1, 0.15) is 17.1 Å². The lowest BCUT2D eigenvalue weighted by atomic mass is 9.89. The Balaban J connectivity index is 1.93. The van der Waals surface area contributed by atoms with Gasteiger partial charge in [-0.1, -0.05) is 23.7 Å². The summed E-state index contributed by atoms with van der Waals surface area (Å²) in [6.07, 6.45) is 0.656. The molecule has 0 fully saturated rings. The summed E-state index contributed by atoms with van der Waals surface area (Å²) in [5.74, 6) is 1.29. The molecule has 1 unspecified atom stereocenters. The Morgan fingerprint density at radius 3 is 2.75 bits per heavy atom. The minimum absolute atomic E-state index is 0.178. The Bertz CT molecular complexity index is 773. The summed E-state index contributed by atoms with van der Waals surface area (Å²) in [4.78, 5) is 12.6. The van der Waals surface area contributed by atoms with Gasteiger partial charge in [-0.15, -0.1) is 0 Å². The molecule has 1 aliphatic rings. The van der Waals surface area contributed by atoms with Gasteiger partial charge in [0.2, 0.25) is 0 Å². The van der Waals surface area contributed by atoms with E-state index in [1.165, 1.54) is 0 Å². The van der Waals surface area contributed by atoms with Gasteiger partial charge in [0.05, 0.1) is 23.7 Å². The number of hydrogen-bond acceptors (Lipinski definition) is 3. The second kappa shape index (κ2) is 6.36. The van der Waals surface area contributed by atoms with Crippen LogP contribution in [0.3, 0.4) is 0 Å². The third kappa shape index (κ3) is 3.34. The van der Waals surface area contributed by atoms with Gasteiger partial charge in [-0.25, -0.2) is 0 Å². The summed E-state index contributed by atoms with van der Waals surface area (Å²) in [6, 6.07) is 12.5. The number of benzene rings is 2. The van der Waals surface area contributed by atoms with E-state index in [-0.39, 0.29) is 17.6 Å². The molecule has 0 radical (unpaired) electrons. The van der Waals surface area contributed by atoms with E-state index >= 15 is 0 Å². The van der Waals surface area contributed by atoms with Crippen molar-refractivity contribution in [1.82, 2.24) is 5.32 Å². The molecule has 5 heteroatoms. The van der Waals surface area contributed by atoms with E-state index in [4.69, 9.17) is 21.1 Å². The highest BCUT2D eigenvalue weighted by atomic mass is 35.5. The first kappa shape index (κ1) is 16.7. The number of carbonyl (C=O) groups is 1. The molecule has 0 bridgehead atoms. The van der Waals surface area contributed by atoms with Crippen molar-refractivity contribution in [1.29, 1.82) is 0 Å². The topological polar surface area (TPSA) is 47.6 Å². The molecule has 3 rings (SSSR count). The molecular formula is C19H20ClNO3. The van der Waals surface area contributed by atoms with Gasteiger partial charge in [0.15, 0.2) is 0 Å². The zero-order valence-electron chi connectivity index (χ0n) is 13.9. The third-order valence-electron chi connectivity index (χ3n) is 4.10. The largest absolute Gasteiger partial charge is 0.497 e. The number of fused-ring (bicyclic) bond motifs is 1. The fourth-order valence-corrected chi connectivity index (χ4v) is 3.19. The van der Waals surface area contributed by atoms with Crippen LogP contribution in [0.15, 0.2) is 42.5 Å². The van der Waals surface area contributed by atoms with Crippen molar-refractivity contribution in [2.24, 2.45) is 0 Å². The molecule has 0 saturated carbocycles. The zero-order valence-corrected chi connectivity index (χ0v) is 14.7. The van der Waals surface area contributed by atoms with Gasteiger partial charge in [-0.2, -0.15) is 0 Å². The van der Waals surface area contributed by atoms with E-state index in [2.05, 4.69) is 5.32 Å². The van der Waals surface area contributed by atoms with Crippen molar-refractivity contribution in [3.8, 4) is 11.5 Å². The van der Waals surface area contributed by atoms with Crippen LogP contribution >= 0.6 is 11.6 Å². The molecule has 4 nitrogen and oxygen atoms in total. The van der Waals surface area contributed by atoms with Gasteiger partial charge < -0.3 is 14.8 Å². The van der Waals surface area contributed by atoms with Crippen LogP contribution < -0.4 is 14.8 Å². The molecule has 0 aliphatic carbocycles. The van der Waals surface area contributed by atoms with Crippen LogP contribution in [-0.4, -0.2) is 18.6 Å². The van der Waals surface area contributed by atoms with Crippen LogP contribution in [0.25, 0.3) is 0 Å². The predicted molar refractivity (Wildman–Crippen MR) is 94.0 cm³/mol. The van der Waals surface area contributed by atoms with Crippen molar-refractivity contribution in [2.45, 2.75) is 31.9 Å². The lowest BCUT2D eigenvalue weighted by molar-refractivity contribution is 0.0618. The van der Waals surface area contributed by atoms with Crippen LogP contribution in [0, 0.1) is 0 Å². The molecule has 126 valence electrons. The fourth-order valence-electron chi connectivity index (χ4n) is 2.97. The minimum Gasteiger partial charge on any atom is -0.497 e. The van der Waals surface area contributed by atoms with Crippen molar-refractivity contribution in [3.63, 3.8) is 0 Å². The maximum absolute atomic E-state index is 12.6. The number of halogens is 1. The molecule has 1 N–H and O–H groups in total. The first-order chi connectivity index (χ1) is 11.4. The van der Waals surface area contributed by atoms with Gasteiger partial charge in [0, 0.05) is 12.0 Å². The summed E-state index contributed by atoms with van der Waals surface area (Å²) >= 11 is 6.14. The maximum atomic E-state index is 12.6. The van der Waals surface area contributed by atoms with E-state index in [0.29, 0.717) is 17.0 Å². The van der Waals surface area contributed by atoms with Crippen LogP contribution in [-0.2, 0) is 0 Å². The summed E-state index contributed by atoms with van der Waals surface area (Å²) < 4.78 is 11.3. The number of amides is 1. The van der Waals surface area contributed by atoms with Crippen molar-refractivity contribution in [2.75, 3.05) is 7.11 Å². The molecule has 1 aliphatic heterocycles. The molecule has 1 atom stereocenters. The highest BCUT2D eigenvalue weighted by Gasteiger charge is 2.35. The summed E-state index contributed by atoms with van der Waals surface area (Å²) in [7, 11) is 1.62. The van der Waals surface area contributed by atoms with Crippen LogP contribution in [0.2, 0.25) is 5.02 Å². The Morgan fingerprint density at radius 1 is 1.29 bits per heavy atom. The average Bonchev–Trinajstić information content (AvgIpc) is 2.54. The summed E-state index contributed by atoms with van der Waals surface area (Å²) in [5.41, 5.74) is 1.00. The van der Waals surface area contributed by atoms with Gasteiger partial charge in [-0.3, -0.25) is 4.79 Å². The predicted octanol–water partition coefficient (Wildman–Crippen LogP) is 4.38. The number of hydrogen-bond donors (Lipinski definition) is 1. The SMILES string of the molecule is COc1ccc2c(c1)C(NC(=O)c1ccccc1Cl)CC(C)(C)O2. The molecule has 0 aromatic heterocycles. The van der Waals surface area contributed by atoms with Gasteiger partial charge in [0.25, 0.3) is 5.91 Å². The quantitative estimate of drug-likeness (QED) is 0.898. The van der Waals surface area contributed by atoms with Crippen molar-refractivity contribution < 1.29 is 14.3 Å². The standard InChI is InChI=1S/C19H20ClNO3/c1-19(2)11-16(14-10-12(23-3)8-9-17(14)24-19)21-18(22)13-6-4-5-7-15(13)20/h4-10,16H,11H2,1-3H3,(H,21,22). The fraction of sp³-hybridized carbons (Fsp3) is 0.316. The van der Waals surface area contributed by atoms with E-state index in [1.54, 1.807) is 31.4 Å². The molecule has 0 spiro atoms. The van der Waals surface area contributed by atoms with Crippen molar-refractivity contribution in [3.05, 3.63) is 58.6 Å². The first-order valence-electron chi connectivity index (χ1n) is 7.82. The van der Waals surface area contributed by atoms with Crippen molar-refractivity contribution >= 4 is 17.5 Å². The van der Waals surface area contributed by atoms with Gasteiger partial charge in [-0.05, 0) is 44.2 Å². The maximum Gasteiger partial charge on any atom is 0.253 e. The number of methoxy groups -OCH3 is 1.